The Kier molecular flexibility index (Phi) is 5.48. The molecule has 0 bridgehead atoms. The summed E-state index contributed by atoms with van der Waals surface area (Å²) >= 11 is 0. The summed E-state index contributed by atoms with van der Waals surface area (Å²) in [6.07, 6.45) is 7.95. The summed E-state index contributed by atoms with van der Waals surface area (Å²) in [7, 11) is 0. The second-order valence-corrected chi connectivity index (χ2v) is 7.11. The topological polar surface area (TPSA) is 78.4 Å². The van der Waals surface area contributed by atoms with E-state index in [0.717, 1.165) is 31.7 Å². The van der Waals surface area contributed by atoms with E-state index in [0.29, 0.717) is 12.5 Å². The fourth-order valence-corrected chi connectivity index (χ4v) is 3.51. The number of carbonyl (C=O) groups is 2. The van der Waals surface area contributed by atoms with Gasteiger partial charge in [-0.3, -0.25) is 4.79 Å². The van der Waals surface area contributed by atoms with E-state index < -0.39 is 5.97 Å². The highest BCUT2D eigenvalue weighted by molar-refractivity contribution is 5.74. The van der Waals surface area contributed by atoms with Crippen LogP contribution in [0.4, 0.5) is 4.79 Å². The lowest BCUT2D eigenvalue weighted by molar-refractivity contribution is -0.141. The van der Waals surface area contributed by atoms with Gasteiger partial charge in [0, 0.05) is 13.1 Å². The Balaban J connectivity index is 1.64. The van der Waals surface area contributed by atoms with Crippen LogP contribution in [0, 0.1) is 17.3 Å². The minimum Gasteiger partial charge on any atom is -0.481 e. The first kappa shape index (κ1) is 16.1. The lowest BCUT2D eigenvalue weighted by atomic mass is 9.66. The van der Waals surface area contributed by atoms with Crippen LogP contribution in [0.2, 0.25) is 0 Å². The summed E-state index contributed by atoms with van der Waals surface area (Å²) < 4.78 is 0. The van der Waals surface area contributed by atoms with Crippen LogP contribution in [0.15, 0.2) is 0 Å². The summed E-state index contributed by atoms with van der Waals surface area (Å²) in [5.41, 5.74) is -0.205. The highest BCUT2D eigenvalue weighted by atomic mass is 16.4. The second-order valence-electron chi connectivity index (χ2n) is 7.11. The summed E-state index contributed by atoms with van der Waals surface area (Å²) in [6.45, 7) is 3.51. The highest BCUT2D eigenvalue weighted by Crippen LogP contribution is 2.43. The number of aliphatic carboxylic acids is 1. The van der Waals surface area contributed by atoms with Gasteiger partial charge in [-0.25, -0.2) is 4.79 Å². The maximum Gasteiger partial charge on any atom is 0.314 e. The molecule has 0 unspecified atom stereocenters. The quantitative estimate of drug-likeness (QED) is 0.705. The number of carboxylic acid groups (broad SMARTS) is 1. The van der Waals surface area contributed by atoms with Crippen LogP contribution in [0.5, 0.6) is 0 Å². The number of carboxylic acids is 1. The Labute approximate surface area is 126 Å². The van der Waals surface area contributed by atoms with Crippen LogP contribution in [-0.4, -0.2) is 30.2 Å². The monoisotopic (exact) mass is 296 g/mol. The van der Waals surface area contributed by atoms with Crippen molar-refractivity contribution in [3.8, 4) is 0 Å². The van der Waals surface area contributed by atoms with Crippen molar-refractivity contribution in [3.05, 3.63) is 0 Å². The Morgan fingerprint density at radius 2 is 1.81 bits per heavy atom. The van der Waals surface area contributed by atoms with Crippen LogP contribution >= 0.6 is 0 Å². The molecule has 0 aromatic carbocycles. The number of amides is 2. The van der Waals surface area contributed by atoms with E-state index >= 15 is 0 Å². The van der Waals surface area contributed by atoms with E-state index in [9.17, 15) is 9.59 Å². The average molecular weight is 296 g/mol. The van der Waals surface area contributed by atoms with E-state index in [-0.39, 0.29) is 17.9 Å². The molecular weight excluding hydrogens is 268 g/mol. The zero-order chi connectivity index (χ0) is 15.3. The Bertz CT molecular complexity index is 372. The van der Waals surface area contributed by atoms with Crippen molar-refractivity contribution in [1.29, 1.82) is 0 Å². The fourth-order valence-electron chi connectivity index (χ4n) is 3.51. The number of rotatable bonds is 6. The maximum atomic E-state index is 11.9. The number of hydrogen-bond acceptors (Lipinski definition) is 2. The molecule has 0 heterocycles. The molecule has 2 rings (SSSR count). The Hall–Kier alpha value is -1.26. The van der Waals surface area contributed by atoms with Gasteiger partial charge in [-0.1, -0.05) is 26.2 Å². The zero-order valence-corrected chi connectivity index (χ0v) is 13.0. The SMILES string of the molecule is CC1CCC(CNC(=O)NCC2(CC(=O)O)CCC2)CC1. The first-order chi connectivity index (χ1) is 9.99. The van der Waals surface area contributed by atoms with Crippen LogP contribution in [0.1, 0.15) is 58.3 Å². The minimum absolute atomic E-state index is 0.148. The summed E-state index contributed by atoms with van der Waals surface area (Å²) in [5.74, 6) is 0.654. The van der Waals surface area contributed by atoms with Gasteiger partial charge in [-0.2, -0.15) is 0 Å². The predicted molar refractivity (Wildman–Crippen MR) is 81.1 cm³/mol. The molecule has 0 aromatic heterocycles. The molecule has 21 heavy (non-hydrogen) atoms. The number of carbonyl (C=O) groups excluding carboxylic acids is 1. The van der Waals surface area contributed by atoms with Crippen molar-refractivity contribution in [2.45, 2.75) is 58.3 Å². The molecule has 0 spiro atoms. The zero-order valence-electron chi connectivity index (χ0n) is 13.0. The third-order valence-corrected chi connectivity index (χ3v) is 5.25. The Morgan fingerprint density at radius 1 is 1.14 bits per heavy atom. The standard InChI is InChI=1S/C16H28N2O3/c1-12-3-5-13(6-4-12)10-17-15(21)18-11-16(7-2-8-16)9-14(19)20/h12-13H,2-11H2,1H3,(H,19,20)(H2,17,18,21). The van der Waals surface area contributed by atoms with Crippen molar-refractivity contribution in [2.24, 2.45) is 17.3 Å². The number of urea groups is 1. The first-order valence-electron chi connectivity index (χ1n) is 8.23. The number of hydrogen-bond donors (Lipinski definition) is 3. The summed E-state index contributed by atoms with van der Waals surface area (Å²) in [5, 5.41) is 14.8. The van der Waals surface area contributed by atoms with Crippen molar-refractivity contribution in [1.82, 2.24) is 10.6 Å². The largest absolute Gasteiger partial charge is 0.481 e. The van der Waals surface area contributed by atoms with E-state index in [1.165, 1.54) is 25.7 Å². The molecule has 2 amide bonds. The van der Waals surface area contributed by atoms with Gasteiger partial charge in [-0.15, -0.1) is 0 Å². The molecule has 0 aliphatic heterocycles. The van der Waals surface area contributed by atoms with E-state index in [2.05, 4.69) is 17.6 Å². The molecule has 2 fully saturated rings. The molecule has 3 N–H and O–H groups in total. The van der Waals surface area contributed by atoms with Crippen molar-refractivity contribution in [3.63, 3.8) is 0 Å². The third kappa shape index (κ3) is 4.90. The highest BCUT2D eigenvalue weighted by Gasteiger charge is 2.39. The molecule has 0 saturated heterocycles. The molecule has 0 aromatic rings. The van der Waals surface area contributed by atoms with Crippen LogP contribution in [0.3, 0.4) is 0 Å². The summed E-state index contributed by atoms with van der Waals surface area (Å²) in [6, 6.07) is -0.148. The lowest BCUT2D eigenvalue weighted by Crippen LogP contribution is -2.47. The van der Waals surface area contributed by atoms with Gasteiger partial charge in [0.2, 0.25) is 0 Å². The van der Waals surface area contributed by atoms with Crippen molar-refractivity contribution >= 4 is 12.0 Å². The van der Waals surface area contributed by atoms with E-state index in [4.69, 9.17) is 5.11 Å². The van der Waals surface area contributed by atoms with Crippen molar-refractivity contribution < 1.29 is 14.7 Å². The van der Waals surface area contributed by atoms with E-state index in [1.807, 2.05) is 0 Å². The normalized spacial score (nSPS) is 27.5. The predicted octanol–water partition coefficient (Wildman–Crippen LogP) is 2.76. The van der Waals surface area contributed by atoms with E-state index in [1.54, 1.807) is 0 Å². The van der Waals surface area contributed by atoms with Crippen LogP contribution in [0.25, 0.3) is 0 Å². The first-order valence-corrected chi connectivity index (χ1v) is 8.23. The maximum absolute atomic E-state index is 11.9. The average Bonchev–Trinajstić information content (AvgIpc) is 2.40. The molecule has 0 atom stereocenters. The molecule has 0 radical (unpaired) electrons. The molecule has 2 aliphatic rings. The van der Waals surface area contributed by atoms with Crippen molar-refractivity contribution in [2.75, 3.05) is 13.1 Å². The molecule has 5 heteroatoms. The lowest BCUT2D eigenvalue weighted by Gasteiger charge is -2.40. The summed E-state index contributed by atoms with van der Waals surface area (Å²) in [4.78, 5) is 22.7. The third-order valence-electron chi connectivity index (χ3n) is 5.25. The second kappa shape index (κ2) is 7.14. The molecule has 2 saturated carbocycles. The molecule has 120 valence electrons. The van der Waals surface area contributed by atoms with Gasteiger partial charge < -0.3 is 15.7 Å². The van der Waals surface area contributed by atoms with Gasteiger partial charge in [-0.05, 0) is 42.9 Å². The molecule has 5 nitrogen and oxygen atoms in total. The minimum atomic E-state index is -0.770. The number of nitrogens with one attached hydrogen (secondary N) is 2. The van der Waals surface area contributed by atoms with Crippen LogP contribution < -0.4 is 10.6 Å². The van der Waals surface area contributed by atoms with Gasteiger partial charge in [0.1, 0.15) is 0 Å². The van der Waals surface area contributed by atoms with Gasteiger partial charge in [0.15, 0.2) is 0 Å². The smallest absolute Gasteiger partial charge is 0.314 e. The van der Waals surface area contributed by atoms with Gasteiger partial charge in [0.25, 0.3) is 0 Å². The Morgan fingerprint density at radius 3 is 2.33 bits per heavy atom. The molecular formula is C16H28N2O3. The van der Waals surface area contributed by atoms with Crippen LogP contribution in [-0.2, 0) is 4.79 Å². The van der Waals surface area contributed by atoms with Gasteiger partial charge in [0.05, 0.1) is 6.42 Å². The molecule has 2 aliphatic carbocycles. The fraction of sp³-hybridized carbons (Fsp3) is 0.875. The van der Waals surface area contributed by atoms with Gasteiger partial charge >= 0.3 is 12.0 Å².